The number of rotatable bonds is 4. The maximum absolute atomic E-state index is 5.69. The van der Waals surface area contributed by atoms with Gasteiger partial charge < -0.3 is 11.1 Å². The van der Waals surface area contributed by atoms with Crippen LogP contribution in [0.15, 0.2) is 43.2 Å². The summed E-state index contributed by atoms with van der Waals surface area (Å²) >= 11 is 0. The highest BCUT2D eigenvalue weighted by Gasteiger charge is 2.05. The Morgan fingerprint density at radius 1 is 1.05 bits per heavy atom. The minimum atomic E-state index is 0.154. The van der Waals surface area contributed by atoms with Gasteiger partial charge in [0, 0.05) is 31.3 Å². The summed E-state index contributed by atoms with van der Waals surface area (Å²) in [6.07, 6.45) is 8.44. The molecule has 8 nitrogen and oxygen atoms in total. The lowest BCUT2D eigenvalue weighted by Gasteiger charge is -2.07. The van der Waals surface area contributed by atoms with Crippen molar-refractivity contribution in [2.45, 2.75) is 6.54 Å². The maximum Gasteiger partial charge on any atom is 0.241 e. The van der Waals surface area contributed by atoms with Gasteiger partial charge in [0.05, 0.1) is 0 Å². The lowest BCUT2D eigenvalue weighted by molar-refractivity contribution is 0.895. The predicted molar refractivity (Wildman–Crippen MR) is 72.9 cm³/mol. The fraction of sp³-hybridized carbons (Fsp3) is 0.0833. The zero-order valence-corrected chi connectivity index (χ0v) is 10.5. The molecule has 0 amide bonds. The number of hydrogen-bond donors (Lipinski definition) is 2. The topological polar surface area (TPSA) is 107 Å². The molecule has 0 fully saturated rings. The third kappa shape index (κ3) is 2.69. The molecule has 100 valence electrons. The number of anilines is 2. The Morgan fingerprint density at radius 2 is 1.90 bits per heavy atom. The van der Waals surface area contributed by atoms with Crippen molar-refractivity contribution in [3.05, 3.63) is 48.8 Å². The molecule has 0 unspecified atom stereocenters. The number of aromatic nitrogens is 6. The number of imidazole rings is 1. The normalized spacial score (nSPS) is 10.4. The summed E-state index contributed by atoms with van der Waals surface area (Å²) in [5.74, 6) is 0.992. The average Bonchev–Trinajstić information content (AvgIpc) is 3.00. The standard InChI is InChI=1S/C12H12N8/c13-10-17-11(16-7-9-1-3-14-4-2-9)19-12(18-10)20-6-5-15-8-20/h1-6,8H,7H2,(H3,13,16,17,18,19). The van der Waals surface area contributed by atoms with Gasteiger partial charge in [-0.25, -0.2) is 4.98 Å². The lowest BCUT2D eigenvalue weighted by Crippen LogP contribution is -2.10. The second-order valence-electron chi connectivity index (χ2n) is 4.00. The van der Waals surface area contributed by atoms with Crippen molar-refractivity contribution < 1.29 is 0 Å². The highest BCUT2D eigenvalue weighted by atomic mass is 15.3. The third-order valence-electron chi connectivity index (χ3n) is 2.58. The van der Waals surface area contributed by atoms with E-state index in [0.29, 0.717) is 18.4 Å². The van der Waals surface area contributed by atoms with Crippen LogP contribution in [0.1, 0.15) is 5.56 Å². The molecule has 0 aliphatic rings. The molecule has 0 saturated heterocycles. The molecule has 0 saturated carbocycles. The van der Waals surface area contributed by atoms with Crippen LogP contribution in [0, 0.1) is 0 Å². The molecule has 8 heteroatoms. The van der Waals surface area contributed by atoms with E-state index >= 15 is 0 Å². The SMILES string of the molecule is Nc1nc(NCc2ccncc2)nc(-n2ccnc2)n1. The smallest absolute Gasteiger partial charge is 0.241 e. The molecule has 3 aromatic heterocycles. The molecule has 0 atom stereocenters. The van der Waals surface area contributed by atoms with Crippen molar-refractivity contribution in [3.63, 3.8) is 0 Å². The summed E-state index contributed by atoms with van der Waals surface area (Å²) in [4.78, 5) is 20.3. The van der Waals surface area contributed by atoms with Crippen LogP contribution in [0.4, 0.5) is 11.9 Å². The van der Waals surface area contributed by atoms with Gasteiger partial charge in [-0.1, -0.05) is 0 Å². The summed E-state index contributed by atoms with van der Waals surface area (Å²) in [7, 11) is 0. The molecule has 0 spiro atoms. The van der Waals surface area contributed by atoms with Crippen molar-refractivity contribution in [2.24, 2.45) is 0 Å². The molecule has 0 aromatic carbocycles. The number of nitrogens with zero attached hydrogens (tertiary/aromatic N) is 6. The molecule has 20 heavy (non-hydrogen) atoms. The largest absolute Gasteiger partial charge is 0.368 e. The summed E-state index contributed by atoms with van der Waals surface area (Å²) in [6.45, 7) is 0.579. The molecule has 0 radical (unpaired) electrons. The molecular weight excluding hydrogens is 256 g/mol. The Balaban J connectivity index is 1.80. The molecule has 0 aliphatic heterocycles. The molecule has 3 N–H and O–H groups in total. The van der Waals surface area contributed by atoms with Gasteiger partial charge in [-0.3, -0.25) is 9.55 Å². The van der Waals surface area contributed by atoms with Crippen molar-refractivity contribution in [2.75, 3.05) is 11.1 Å². The Kier molecular flexibility index (Phi) is 3.19. The van der Waals surface area contributed by atoms with E-state index < -0.39 is 0 Å². The zero-order valence-electron chi connectivity index (χ0n) is 10.5. The number of pyridine rings is 1. The number of nitrogens with one attached hydrogen (secondary N) is 1. The van der Waals surface area contributed by atoms with Gasteiger partial charge in [0.1, 0.15) is 6.33 Å². The molecule has 3 rings (SSSR count). The molecular formula is C12H12N8. The zero-order chi connectivity index (χ0) is 13.8. The summed E-state index contributed by atoms with van der Waals surface area (Å²) in [5, 5.41) is 3.10. The first-order chi connectivity index (χ1) is 9.81. The predicted octanol–water partition coefficient (Wildman–Crippen LogP) is 0.647. The van der Waals surface area contributed by atoms with Crippen LogP contribution in [0.5, 0.6) is 0 Å². The molecule has 3 aromatic rings. The van der Waals surface area contributed by atoms with Crippen molar-refractivity contribution >= 4 is 11.9 Å². The Hall–Kier alpha value is -3.03. The van der Waals surface area contributed by atoms with Gasteiger partial charge in [-0.15, -0.1) is 0 Å². The van der Waals surface area contributed by atoms with Gasteiger partial charge in [0.25, 0.3) is 0 Å². The first kappa shape index (κ1) is 12.0. The monoisotopic (exact) mass is 268 g/mol. The quantitative estimate of drug-likeness (QED) is 0.715. The van der Waals surface area contributed by atoms with Gasteiger partial charge in [0.2, 0.25) is 17.8 Å². The highest BCUT2D eigenvalue weighted by Crippen LogP contribution is 2.08. The molecule has 3 heterocycles. The van der Waals surface area contributed by atoms with Crippen LogP contribution in [0.25, 0.3) is 5.95 Å². The highest BCUT2D eigenvalue weighted by molar-refractivity contribution is 5.35. The maximum atomic E-state index is 5.69. The summed E-state index contributed by atoms with van der Waals surface area (Å²) in [5.41, 5.74) is 6.76. The average molecular weight is 268 g/mol. The number of hydrogen-bond acceptors (Lipinski definition) is 7. The summed E-state index contributed by atoms with van der Waals surface area (Å²) in [6, 6.07) is 3.82. The van der Waals surface area contributed by atoms with Gasteiger partial charge >= 0.3 is 0 Å². The Morgan fingerprint density at radius 3 is 2.65 bits per heavy atom. The van der Waals surface area contributed by atoms with Crippen LogP contribution in [0.3, 0.4) is 0 Å². The summed E-state index contributed by atoms with van der Waals surface area (Å²) < 4.78 is 1.66. The number of nitrogen functional groups attached to an aromatic ring is 1. The van der Waals surface area contributed by atoms with Crippen LogP contribution in [-0.4, -0.2) is 29.5 Å². The molecule has 0 bridgehead atoms. The Bertz CT molecular complexity index is 680. The minimum absolute atomic E-state index is 0.154. The number of nitrogens with two attached hydrogens (primary N) is 1. The Labute approximate surface area is 114 Å². The second kappa shape index (κ2) is 5.31. The van der Waals surface area contributed by atoms with Crippen LogP contribution in [-0.2, 0) is 6.54 Å². The van der Waals surface area contributed by atoms with E-state index in [1.165, 1.54) is 0 Å². The van der Waals surface area contributed by atoms with Crippen molar-refractivity contribution in [3.8, 4) is 5.95 Å². The van der Waals surface area contributed by atoms with Gasteiger partial charge in [-0.05, 0) is 17.7 Å². The lowest BCUT2D eigenvalue weighted by atomic mass is 10.3. The first-order valence-corrected chi connectivity index (χ1v) is 5.94. The van der Waals surface area contributed by atoms with E-state index in [9.17, 15) is 0 Å². The van der Waals surface area contributed by atoms with E-state index in [4.69, 9.17) is 5.73 Å². The van der Waals surface area contributed by atoms with E-state index in [-0.39, 0.29) is 5.95 Å². The minimum Gasteiger partial charge on any atom is -0.368 e. The fourth-order valence-corrected chi connectivity index (χ4v) is 1.63. The van der Waals surface area contributed by atoms with Crippen LogP contribution >= 0.6 is 0 Å². The van der Waals surface area contributed by atoms with Crippen molar-refractivity contribution in [1.82, 2.24) is 29.5 Å². The first-order valence-electron chi connectivity index (χ1n) is 5.94. The van der Waals surface area contributed by atoms with Crippen molar-refractivity contribution in [1.29, 1.82) is 0 Å². The van der Waals surface area contributed by atoms with E-state index in [2.05, 4.69) is 30.2 Å². The molecule has 0 aliphatic carbocycles. The van der Waals surface area contributed by atoms with Gasteiger partial charge in [0.15, 0.2) is 0 Å². The van der Waals surface area contributed by atoms with Gasteiger partial charge in [-0.2, -0.15) is 15.0 Å². The van der Waals surface area contributed by atoms with E-state index in [1.807, 2.05) is 12.1 Å². The third-order valence-corrected chi connectivity index (χ3v) is 2.58. The van der Waals surface area contributed by atoms with Crippen LogP contribution in [0.2, 0.25) is 0 Å². The van der Waals surface area contributed by atoms with E-state index in [1.54, 1.807) is 35.7 Å². The second-order valence-corrected chi connectivity index (χ2v) is 4.00. The van der Waals surface area contributed by atoms with E-state index in [0.717, 1.165) is 5.56 Å². The fourth-order valence-electron chi connectivity index (χ4n) is 1.63. The van der Waals surface area contributed by atoms with Crippen LogP contribution < -0.4 is 11.1 Å².